The minimum absolute atomic E-state index is 0.640. The van der Waals surface area contributed by atoms with Gasteiger partial charge in [0, 0.05) is 7.11 Å². The Kier molecular flexibility index (Phi) is 2.60. The summed E-state index contributed by atoms with van der Waals surface area (Å²) in [6.07, 6.45) is 5.72. The lowest BCUT2D eigenvalue weighted by Crippen LogP contribution is -1.80. The highest BCUT2D eigenvalue weighted by atomic mass is 16.5. The first-order valence-electron chi connectivity index (χ1n) is 4.49. The Hall–Kier alpha value is -1.61. The number of nitrogens with one attached hydrogen (secondary N) is 1. The maximum absolute atomic E-state index is 4.93. The molecular formula is C11H12N2O. The summed E-state index contributed by atoms with van der Waals surface area (Å²) in [5.74, 6) is 0. The first kappa shape index (κ1) is 8.97. The molecule has 0 aliphatic rings. The molecular weight excluding hydrogens is 176 g/mol. The number of aromatic nitrogens is 2. The van der Waals surface area contributed by atoms with Crippen molar-refractivity contribution in [3.63, 3.8) is 0 Å². The van der Waals surface area contributed by atoms with Crippen molar-refractivity contribution in [2.24, 2.45) is 0 Å². The Morgan fingerprint density at radius 1 is 1.50 bits per heavy atom. The van der Waals surface area contributed by atoms with E-state index in [4.69, 9.17) is 4.74 Å². The van der Waals surface area contributed by atoms with Crippen LogP contribution in [0.1, 0.15) is 5.56 Å². The van der Waals surface area contributed by atoms with Gasteiger partial charge in [-0.15, -0.1) is 0 Å². The number of ether oxygens (including phenoxy) is 1. The minimum Gasteiger partial charge on any atom is -0.381 e. The summed E-state index contributed by atoms with van der Waals surface area (Å²) in [4.78, 5) is 7.23. The number of hydrogen-bond acceptors (Lipinski definition) is 2. The average Bonchev–Trinajstić information content (AvgIpc) is 2.65. The van der Waals surface area contributed by atoms with Crippen LogP contribution in [0.3, 0.4) is 0 Å². The molecule has 1 heterocycles. The Balaban J connectivity index is 2.25. The summed E-state index contributed by atoms with van der Waals surface area (Å²) in [7, 11) is 1.68. The smallest absolute Gasteiger partial charge is 0.0931 e. The van der Waals surface area contributed by atoms with Crippen molar-refractivity contribution in [3.05, 3.63) is 36.2 Å². The van der Waals surface area contributed by atoms with E-state index in [0.717, 1.165) is 16.6 Å². The molecule has 72 valence electrons. The fourth-order valence-corrected chi connectivity index (χ4v) is 1.34. The molecule has 0 spiro atoms. The molecule has 2 rings (SSSR count). The van der Waals surface area contributed by atoms with Gasteiger partial charge in [0.1, 0.15) is 0 Å². The lowest BCUT2D eigenvalue weighted by molar-refractivity contribution is 0.234. The van der Waals surface area contributed by atoms with Crippen molar-refractivity contribution in [3.8, 4) is 0 Å². The van der Waals surface area contributed by atoms with E-state index in [1.54, 1.807) is 13.4 Å². The molecule has 1 aromatic carbocycles. The molecule has 0 radical (unpaired) electrons. The molecule has 0 fully saturated rings. The van der Waals surface area contributed by atoms with Crippen LogP contribution >= 0.6 is 0 Å². The molecule has 0 amide bonds. The largest absolute Gasteiger partial charge is 0.381 e. The van der Waals surface area contributed by atoms with Crippen LogP contribution in [0.25, 0.3) is 17.1 Å². The normalized spacial score (nSPS) is 11.5. The first-order valence-corrected chi connectivity index (χ1v) is 4.49. The third-order valence-corrected chi connectivity index (χ3v) is 2.02. The van der Waals surface area contributed by atoms with E-state index in [-0.39, 0.29) is 0 Å². The standard InChI is InChI=1S/C11H12N2O/c1-14-6-2-3-9-4-5-10-11(7-9)13-8-12-10/h2-5,7-8H,6H2,1H3,(H,12,13)/b3-2+. The zero-order valence-corrected chi connectivity index (χ0v) is 8.03. The van der Waals surface area contributed by atoms with Crippen molar-refractivity contribution >= 4 is 17.1 Å². The second-order valence-electron chi connectivity index (χ2n) is 3.04. The number of hydrogen-bond donors (Lipinski definition) is 1. The van der Waals surface area contributed by atoms with Gasteiger partial charge in [0.05, 0.1) is 24.0 Å². The lowest BCUT2D eigenvalue weighted by atomic mass is 10.2. The maximum Gasteiger partial charge on any atom is 0.0931 e. The Labute approximate surface area is 82.4 Å². The summed E-state index contributed by atoms with van der Waals surface area (Å²) in [5, 5.41) is 0. The van der Waals surface area contributed by atoms with E-state index < -0.39 is 0 Å². The minimum atomic E-state index is 0.640. The molecule has 0 saturated carbocycles. The van der Waals surface area contributed by atoms with Crippen molar-refractivity contribution < 1.29 is 4.74 Å². The van der Waals surface area contributed by atoms with E-state index in [2.05, 4.69) is 16.0 Å². The van der Waals surface area contributed by atoms with Crippen molar-refractivity contribution in [2.75, 3.05) is 13.7 Å². The van der Waals surface area contributed by atoms with Gasteiger partial charge in [-0.1, -0.05) is 18.2 Å². The third kappa shape index (κ3) is 1.83. The van der Waals surface area contributed by atoms with Crippen LogP contribution in [0, 0.1) is 0 Å². The van der Waals surface area contributed by atoms with Crippen LogP contribution in [0.15, 0.2) is 30.6 Å². The summed E-state index contributed by atoms with van der Waals surface area (Å²) in [5.41, 5.74) is 3.21. The summed E-state index contributed by atoms with van der Waals surface area (Å²) in [6, 6.07) is 6.10. The number of imidazole rings is 1. The van der Waals surface area contributed by atoms with Crippen molar-refractivity contribution in [1.29, 1.82) is 0 Å². The van der Waals surface area contributed by atoms with Gasteiger partial charge in [0.15, 0.2) is 0 Å². The number of aromatic amines is 1. The van der Waals surface area contributed by atoms with Gasteiger partial charge in [0.2, 0.25) is 0 Å². The van der Waals surface area contributed by atoms with E-state index in [1.165, 1.54) is 0 Å². The predicted octanol–water partition coefficient (Wildman–Crippen LogP) is 2.22. The number of fused-ring (bicyclic) bond motifs is 1. The lowest BCUT2D eigenvalue weighted by Gasteiger charge is -1.93. The third-order valence-electron chi connectivity index (χ3n) is 2.02. The summed E-state index contributed by atoms with van der Waals surface area (Å²) >= 11 is 0. The number of rotatable bonds is 3. The van der Waals surface area contributed by atoms with Crippen LogP contribution in [-0.2, 0) is 4.74 Å². The van der Waals surface area contributed by atoms with Crippen LogP contribution in [-0.4, -0.2) is 23.7 Å². The molecule has 14 heavy (non-hydrogen) atoms. The fourth-order valence-electron chi connectivity index (χ4n) is 1.34. The summed E-state index contributed by atoms with van der Waals surface area (Å²) in [6.45, 7) is 0.640. The van der Waals surface area contributed by atoms with E-state index in [1.807, 2.05) is 24.3 Å². The highest BCUT2D eigenvalue weighted by molar-refractivity contribution is 5.77. The number of benzene rings is 1. The van der Waals surface area contributed by atoms with Crippen LogP contribution in [0.5, 0.6) is 0 Å². The molecule has 0 saturated heterocycles. The van der Waals surface area contributed by atoms with Gasteiger partial charge >= 0.3 is 0 Å². The quantitative estimate of drug-likeness (QED) is 0.802. The molecule has 3 heteroatoms. The maximum atomic E-state index is 4.93. The Morgan fingerprint density at radius 2 is 2.43 bits per heavy atom. The second-order valence-corrected chi connectivity index (χ2v) is 3.04. The van der Waals surface area contributed by atoms with Gasteiger partial charge in [-0.05, 0) is 17.7 Å². The highest BCUT2D eigenvalue weighted by Crippen LogP contribution is 2.12. The summed E-state index contributed by atoms with van der Waals surface area (Å²) < 4.78 is 4.93. The SMILES string of the molecule is COC/C=C/c1ccc2nc[nH]c2c1. The van der Waals surface area contributed by atoms with E-state index >= 15 is 0 Å². The fraction of sp³-hybridized carbons (Fsp3) is 0.182. The van der Waals surface area contributed by atoms with Gasteiger partial charge < -0.3 is 9.72 Å². The molecule has 0 unspecified atom stereocenters. The van der Waals surface area contributed by atoms with Gasteiger partial charge in [0.25, 0.3) is 0 Å². The highest BCUT2D eigenvalue weighted by Gasteiger charge is 1.94. The zero-order valence-electron chi connectivity index (χ0n) is 8.03. The van der Waals surface area contributed by atoms with Crippen LogP contribution < -0.4 is 0 Å². The predicted molar refractivity (Wildman–Crippen MR) is 57.0 cm³/mol. The first-order chi connectivity index (χ1) is 6.90. The molecule has 0 aliphatic carbocycles. The topological polar surface area (TPSA) is 37.9 Å². The van der Waals surface area contributed by atoms with Crippen LogP contribution in [0.2, 0.25) is 0 Å². The van der Waals surface area contributed by atoms with Gasteiger partial charge in [-0.2, -0.15) is 0 Å². The number of H-pyrrole nitrogens is 1. The molecule has 0 atom stereocenters. The molecule has 1 aromatic heterocycles. The molecule has 0 bridgehead atoms. The Bertz CT molecular complexity index is 445. The van der Waals surface area contributed by atoms with Crippen molar-refractivity contribution in [2.45, 2.75) is 0 Å². The van der Waals surface area contributed by atoms with Crippen molar-refractivity contribution in [1.82, 2.24) is 9.97 Å². The number of nitrogens with zero attached hydrogens (tertiary/aromatic N) is 1. The molecule has 1 N–H and O–H groups in total. The zero-order chi connectivity index (χ0) is 9.80. The van der Waals surface area contributed by atoms with E-state index in [9.17, 15) is 0 Å². The van der Waals surface area contributed by atoms with Gasteiger partial charge in [-0.3, -0.25) is 0 Å². The average molecular weight is 188 g/mol. The molecule has 0 aliphatic heterocycles. The molecule has 3 nitrogen and oxygen atoms in total. The monoisotopic (exact) mass is 188 g/mol. The van der Waals surface area contributed by atoms with Crippen LogP contribution in [0.4, 0.5) is 0 Å². The molecule has 2 aromatic rings. The second kappa shape index (κ2) is 4.07. The van der Waals surface area contributed by atoms with Gasteiger partial charge in [-0.25, -0.2) is 4.98 Å². The number of methoxy groups -OCH3 is 1. The van der Waals surface area contributed by atoms with E-state index in [0.29, 0.717) is 6.61 Å². The Morgan fingerprint density at radius 3 is 3.29 bits per heavy atom.